The molecule has 26 heavy (non-hydrogen) atoms. The Morgan fingerprint density at radius 2 is 1.88 bits per heavy atom. The molecule has 0 radical (unpaired) electrons. The minimum Gasteiger partial charge on any atom is -0.340 e. The zero-order valence-electron chi connectivity index (χ0n) is 14.6. The Labute approximate surface area is 157 Å². The van der Waals surface area contributed by atoms with Crippen LogP contribution in [0.3, 0.4) is 0 Å². The first-order chi connectivity index (χ1) is 12.5. The second-order valence-electron chi connectivity index (χ2n) is 6.02. The molecule has 0 aliphatic heterocycles. The van der Waals surface area contributed by atoms with E-state index in [1.54, 1.807) is 24.1 Å². The van der Waals surface area contributed by atoms with Gasteiger partial charge in [-0.15, -0.1) is 0 Å². The fourth-order valence-electron chi connectivity index (χ4n) is 2.57. The van der Waals surface area contributed by atoms with Crippen LogP contribution in [0.25, 0.3) is 0 Å². The zero-order valence-corrected chi connectivity index (χ0v) is 15.4. The number of aromatic nitrogens is 2. The van der Waals surface area contributed by atoms with E-state index < -0.39 is 0 Å². The summed E-state index contributed by atoms with van der Waals surface area (Å²) < 4.78 is 0. The van der Waals surface area contributed by atoms with Crippen molar-refractivity contribution in [1.29, 1.82) is 0 Å². The highest BCUT2D eigenvalue weighted by atomic mass is 35.5. The Balaban J connectivity index is 1.74. The largest absolute Gasteiger partial charge is 0.340 e. The molecule has 0 unspecified atom stereocenters. The van der Waals surface area contributed by atoms with Crippen LogP contribution in [0, 0.1) is 6.92 Å². The van der Waals surface area contributed by atoms with Crippen molar-refractivity contribution in [3.05, 3.63) is 82.8 Å². The molecule has 1 aromatic heterocycles. The van der Waals surface area contributed by atoms with Gasteiger partial charge in [0.05, 0.1) is 0 Å². The minimum absolute atomic E-state index is 0.160. The van der Waals surface area contributed by atoms with Crippen molar-refractivity contribution in [2.24, 2.45) is 0 Å². The van der Waals surface area contributed by atoms with Crippen LogP contribution in [0.2, 0.25) is 5.02 Å². The van der Waals surface area contributed by atoms with Gasteiger partial charge >= 0.3 is 0 Å². The molecule has 1 amide bonds. The van der Waals surface area contributed by atoms with Crippen molar-refractivity contribution in [2.75, 3.05) is 12.4 Å². The summed E-state index contributed by atoms with van der Waals surface area (Å²) in [7, 11) is 1.76. The van der Waals surface area contributed by atoms with Crippen LogP contribution in [0.15, 0.2) is 60.9 Å². The Hall–Kier alpha value is -2.92. The van der Waals surface area contributed by atoms with Crippen molar-refractivity contribution >= 4 is 29.0 Å². The van der Waals surface area contributed by atoms with Gasteiger partial charge in [0, 0.05) is 30.4 Å². The molecular weight excluding hydrogens is 348 g/mol. The number of carbonyl (C=O) groups excluding carboxylic acids is 1. The first-order valence-electron chi connectivity index (χ1n) is 8.17. The molecule has 6 heteroatoms. The summed E-state index contributed by atoms with van der Waals surface area (Å²) in [5.41, 5.74) is 3.27. The molecular formula is C20H19ClN4O. The summed E-state index contributed by atoms with van der Waals surface area (Å²) in [4.78, 5) is 22.6. The molecule has 0 fully saturated rings. The molecule has 3 aromatic rings. The second-order valence-corrected chi connectivity index (χ2v) is 6.46. The highest BCUT2D eigenvalue weighted by Gasteiger charge is 2.14. The molecule has 5 nitrogen and oxygen atoms in total. The molecule has 132 valence electrons. The number of amides is 1. The molecule has 3 rings (SSSR count). The summed E-state index contributed by atoms with van der Waals surface area (Å²) in [5.74, 6) is 0.397. The van der Waals surface area contributed by atoms with Gasteiger partial charge in [0.2, 0.25) is 0 Å². The Kier molecular flexibility index (Phi) is 5.49. The number of hydrogen-bond donors (Lipinski definition) is 1. The number of aryl methyl sites for hydroxylation is 1. The van der Waals surface area contributed by atoms with E-state index in [4.69, 9.17) is 11.6 Å². The quantitative estimate of drug-likeness (QED) is 0.724. The van der Waals surface area contributed by atoms with Crippen LogP contribution < -0.4 is 5.32 Å². The average Bonchev–Trinajstić information content (AvgIpc) is 2.64. The number of halogens is 1. The molecule has 2 aromatic carbocycles. The van der Waals surface area contributed by atoms with Gasteiger partial charge in [0.15, 0.2) is 0 Å². The van der Waals surface area contributed by atoms with Gasteiger partial charge in [0.25, 0.3) is 5.91 Å². The highest BCUT2D eigenvalue weighted by Crippen LogP contribution is 2.22. The van der Waals surface area contributed by atoms with E-state index in [1.165, 1.54) is 6.33 Å². The summed E-state index contributed by atoms with van der Waals surface area (Å²) >= 11 is 5.98. The molecule has 0 saturated carbocycles. The maximum Gasteiger partial charge on any atom is 0.272 e. The van der Waals surface area contributed by atoms with Crippen molar-refractivity contribution in [1.82, 2.24) is 14.9 Å². The summed E-state index contributed by atoms with van der Waals surface area (Å²) in [6.45, 7) is 2.47. The third kappa shape index (κ3) is 4.37. The molecule has 1 heterocycles. The van der Waals surface area contributed by atoms with E-state index in [9.17, 15) is 4.79 Å². The molecule has 0 aliphatic rings. The maximum atomic E-state index is 12.7. The maximum absolute atomic E-state index is 12.7. The third-order valence-corrected chi connectivity index (χ3v) is 4.18. The van der Waals surface area contributed by atoms with E-state index in [0.717, 1.165) is 16.8 Å². The minimum atomic E-state index is -0.160. The lowest BCUT2D eigenvalue weighted by atomic mass is 10.2. The van der Waals surface area contributed by atoms with Gasteiger partial charge in [-0.05, 0) is 36.2 Å². The van der Waals surface area contributed by atoms with E-state index >= 15 is 0 Å². The van der Waals surface area contributed by atoms with E-state index in [0.29, 0.717) is 23.1 Å². The van der Waals surface area contributed by atoms with Crippen LogP contribution in [0.5, 0.6) is 0 Å². The lowest BCUT2D eigenvalue weighted by Crippen LogP contribution is -2.27. The molecule has 0 atom stereocenters. The molecule has 1 N–H and O–H groups in total. The van der Waals surface area contributed by atoms with E-state index in [-0.39, 0.29) is 5.91 Å². The molecule has 0 bridgehead atoms. The number of benzene rings is 2. The topological polar surface area (TPSA) is 58.1 Å². The number of rotatable bonds is 5. The van der Waals surface area contributed by atoms with Gasteiger partial charge in [-0.2, -0.15) is 0 Å². The Bertz CT molecular complexity index is 915. The first kappa shape index (κ1) is 17.9. The normalized spacial score (nSPS) is 10.4. The number of nitrogens with zero attached hydrogens (tertiary/aromatic N) is 3. The summed E-state index contributed by atoms with van der Waals surface area (Å²) in [6.07, 6.45) is 1.39. The van der Waals surface area contributed by atoms with Gasteiger partial charge in [0.1, 0.15) is 17.8 Å². The van der Waals surface area contributed by atoms with Crippen LogP contribution in [0.4, 0.5) is 11.5 Å². The fraction of sp³-hybridized carbons (Fsp3) is 0.150. The fourth-order valence-corrected chi connectivity index (χ4v) is 2.80. The molecule has 0 spiro atoms. The Morgan fingerprint density at radius 1 is 1.12 bits per heavy atom. The van der Waals surface area contributed by atoms with Gasteiger partial charge in [-0.1, -0.05) is 41.9 Å². The summed E-state index contributed by atoms with van der Waals surface area (Å²) in [6, 6.07) is 17.0. The number of carbonyl (C=O) groups is 1. The van der Waals surface area contributed by atoms with Crippen LogP contribution >= 0.6 is 11.6 Å². The predicted molar refractivity (Wildman–Crippen MR) is 104 cm³/mol. The average molecular weight is 367 g/mol. The second kappa shape index (κ2) is 7.97. The standard InChI is InChI=1S/C20H19ClN4O/c1-14-10-16(21)8-9-17(14)24-19-11-18(22-13-23-19)20(26)25(2)12-15-6-4-3-5-7-15/h3-11,13H,12H2,1-2H3,(H,22,23,24). The van der Waals surface area contributed by atoms with Crippen LogP contribution in [-0.2, 0) is 6.54 Å². The first-order valence-corrected chi connectivity index (χ1v) is 8.55. The van der Waals surface area contributed by atoms with Gasteiger partial charge in [-0.3, -0.25) is 4.79 Å². The van der Waals surface area contributed by atoms with Crippen molar-refractivity contribution < 1.29 is 4.79 Å². The Morgan fingerprint density at radius 3 is 2.62 bits per heavy atom. The van der Waals surface area contributed by atoms with Crippen molar-refractivity contribution in [3.63, 3.8) is 0 Å². The molecule has 0 aliphatic carbocycles. The van der Waals surface area contributed by atoms with Crippen LogP contribution in [0.1, 0.15) is 21.6 Å². The van der Waals surface area contributed by atoms with Crippen LogP contribution in [-0.4, -0.2) is 27.8 Å². The summed E-state index contributed by atoms with van der Waals surface area (Å²) in [5, 5.41) is 3.88. The van der Waals surface area contributed by atoms with Crippen molar-refractivity contribution in [2.45, 2.75) is 13.5 Å². The highest BCUT2D eigenvalue weighted by molar-refractivity contribution is 6.30. The van der Waals surface area contributed by atoms with Gasteiger partial charge in [-0.25, -0.2) is 9.97 Å². The smallest absolute Gasteiger partial charge is 0.272 e. The third-order valence-electron chi connectivity index (χ3n) is 3.95. The predicted octanol–water partition coefficient (Wildman–Crippen LogP) is 4.45. The van der Waals surface area contributed by atoms with E-state index in [2.05, 4.69) is 15.3 Å². The number of anilines is 2. The number of hydrogen-bond acceptors (Lipinski definition) is 4. The van der Waals surface area contributed by atoms with Crippen molar-refractivity contribution in [3.8, 4) is 0 Å². The monoisotopic (exact) mass is 366 g/mol. The molecule has 0 saturated heterocycles. The lowest BCUT2D eigenvalue weighted by molar-refractivity contribution is 0.0779. The zero-order chi connectivity index (χ0) is 18.5. The lowest BCUT2D eigenvalue weighted by Gasteiger charge is -2.17. The van der Waals surface area contributed by atoms with Gasteiger partial charge < -0.3 is 10.2 Å². The number of nitrogens with one attached hydrogen (secondary N) is 1. The SMILES string of the molecule is Cc1cc(Cl)ccc1Nc1cc(C(=O)N(C)Cc2ccccc2)ncn1. The van der Waals surface area contributed by atoms with E-state index in [1.807, 2.05) is 49.4 Å².